The van der Waals surface area contributed by atoms with Crippen LogP contribution in [0.15, 0.2) is 53.4 Å². The lowest BCUT2D eigenvalue weighted by molar-refractivity contribution is -0.264. The second kappa shape index (κ2) is 5.85. The number of phenols is 2. The van der Waals surface area contributed by atoms with Crippen molar-refractivity contribution < 1.29 is 27.9 Å². The van der Waals surface area contributed by atoms with Crippen molar-refractivity contribution >= 4 is 26.6 Å². The minimum atomic E-state index is -4.47. The van der Waals surface area contributed by atoms with E-state index in [4.69, 9.17) is 9.58 Å². The standard InChI is InChI=1S/C16H10N2O6S/c17-18-11-8-7-9-10(15(11)21)3-1-6-14(9)25(22,23)24-16-12(19)4-2-5-13(16)20/h1-8H,(H2-,19,20,21). The molecule has 0 aliphatic carbocycles. The Morgan fingerprint density at radius 3 is 2.24 bits per heavy atom. The van der Waals surface area contributed by atoms with Crippen molar-refractivity contribution in [3.8, 4) is 23.0 Å². The Bertz CT molecular complexity index is 1120. The first kappa shape index (κ1) is 16.4. The summed E-state index contributed by atoms with van der Waals surface area (Å²) in [6, 6.07) is 10.00. The number of phenolic OH excluding ortho intramolecular Hbond substituents is 2. The smallest absolute Gasteiger partial charge is 0.378 e. The van der Waals surface area contributed by atoms with Crippen molar-refractivity contribution in [2.75, 3.05) is 0 Å². The van der Waals surface area contributed by atoms with Gasteiger partial charge >= 0.3 is 15.8 Å². The molecular formula is C16H10N2O6S. The molecule has 8 nitrogen and oxygen atoms in total. The second-order valence-electron chi connectivity index (χ2n) is 5.03. The maximum absolute atomic E-state index is 12.6. The fraction of sp³-hybridized carbons (Fsp3) is 0. The zero-order valence-corrected chi connectivity index (χ0v) is 13.3. The number of nitrogens with zero attached hydrogens (tertiary/aromatic N) is 2. The summed E-state index contributed by atoms with van der Waals surface area (Å²) in [5.41, 5.74) is -0.235. The van der Waals surface area contributed by atoms with Crippen LogP contribution >= 0.6 is 0 Å². The van der Waals surface area contributed by atoms with E-state index in [1.807, 2.05) is 0 Å². The van der Waals surface area contributed by atoms with Crippen LogP contribution in [0, 0.1) is 5.39 Å². The average Bonchev–Trinajstić information content (AvgIpc) is 2.58. The van der Waals surface area contributed by atoms with Gasteiger partial charge in [-0.1, -0.05) is 18.2 Å². The van der Waals surface area contributed by atoms with Gasteiger partial charge in [0.2, 0.25) is 11.1 Å². The molecule has 25 heavy (non-hydrogen) atoms. The zero-order chi connectivity index (χ0) is 18.2. The van der Waals surface area contributed by atoms with Gasteiger partial charge in [-0.2, -0.15) is 8.42 Å². The zero-order valence-electron chi connectivity index (χ0n) is 12.4. The highest BCUT2D eigenvalue weighted by Crippen LogP contribution is 2.39. The number of hydrogen-bond acceptors (Lipinski definition) is 7. The van der Waals surface area contributed by atoms with E-state index in [0.717, 1.165) is 12.1 Å². The Morgan fingerprint density at radius 2 is 1.60 bits per heavy atom. The quantitative estimate of drug-likeness (QED) is 0.542. The van der Waals surface area contributed by atoms with Gasteiger partial charge in [-0.3, -0.25) is 0 Å². The maximum atomic E-state index is 12.6. The van der Waals surface area contributed by atoms with Crippen LogP contribution in [0.3, 0.4) is 0 Å². The van der Waals surface area contributed by atoms with Gasteiger partial charge in [-0.25, -0.2) is 0 Å². The molecule has 3 aromatic rings. The summed E-state index contributed by atoms with van der Waals surface area (Å²) in [7, 11) is -4.47. The van der Waals surface area contributed by atoms with E-state index in [-0.39, 0.29) is 21.4 Å². The molecule has 0 radical (unpaired) electrons. The van der Waals surface area contributed by atoms with E-state index in [1.54, 1.807) is 0 Å². The Morgan fingerprint density at radius 1 is 0.960 bits per heavy atom. The summed E-state index contributed by atoms with van der Waals surface area (Å²) in [6.45, 7) is 0. The summed E-state index contributed by atoms with van der Waals surface area (Å²) in [5.74, 6) is -2.39. The van der Waals surface area contributed by atoms with Gasteiger partial charge in [0.15, 0.2) is 16.5 Å². The van der Waals surface area contributed by atoms with E-state index in [2.05, 4.69) is 4.98 Å². The molecule has 0 heterocycles. The lowest BCUT2D eigenvalue weighted by Crippen LogP contribution is -2.10. The molecule has 0 aliphatic heterocycles. The third-order valence-corrected chi connectivity index (χ3v) is 4.78. The molecule has 0 spiro atoms. The Balaban J connectivity index is 2.19. The van der Waals surface area contributed by atoms with Gasteiger partial charge in [0.25, 0.3) is 0 Å². The van der Waals surface area contributed by atoms with E-state index >= 15 is 0 Å². The molecule has 0 saturated carbocycles. The number of hydrogen-bond donors (Lipinski definition) is 2. The monoisotopic (exact) mass is 358 g/mol. The lowest BCUT2D eigenvalue weighted by atomic mass is 10.1. The number of benzene rings is 3. The molecule has 0 fully saturated rings. The minimum Gasteiger partial charge on any atom is -0.867 e. The topological polar surface area (TPSA) is 135 Å². The van der Waals surface area contributed by atoms with Crippen LogP contribution < -0.4 is 9.29 Å². The SMILES string of the molecule is N#[N+]c1ccc2c(S(=O)(=O)Oc3c(O)cccc3O)cccc2c1[O-]. The van der Waals surface area contributed by atoms with Crippen molar-refractivity contribution in [1.29, 1.82) is 5.39 Å². The van der Waals surface area contributed by atoms with Crippen molar-refractivity contribution in [3.63, 3.8) is 0 Å². The number of rotatable bonds is 3. The van der Waals surface area contributed by atoms with Crippen LogP contribution in [0.25, 0.3) is 15.7 Å². The van der Waals surface area contributed by atoms with Crippen molar-refractivity contribution in [2.24, 2.45) is 0 Å². The van der Waals surface area contributed by atoms with Crippen LogP contribution in [0.5, 0.6) is 23.0 Å². The summed E-state index contributed by atoms with van der Waals surface area (Å²) < 4.78 is 30.0. The van der Waals surface area contributed by atoms with Crippen LogP contribution in [-0.2, 0) is 10.1 Å². The van der Waals surface area contributed by atoms with Gasteiger partial charge in [0.05, 0.1) is 0 Å². The molecule has 0 aliphatic rings. The summed E-state index contributed by atoms with van der Waals surface area (Å²) in [5, 5.41) is 40.4. The number of fused-ring (bicyclic) bond motifs is 1. The molecule has 0 aromatic heterocycles. The average molecular weight is 358 g/mol. The fourth-order valence-corrected chi connectivity index (χ4v) is 3.51. The first-order chi connectivity index (χ1) is 11.8. The van der Waals surface area contributed by atoms with E-state index in [0.29, 0.717) is 0 Å². The van der Waals surface area contributed by atoms with Gasteiger partial charge in [-0.15, -0.1) is 0 Å². The van der Waals surface area contributed by atoms with Crippen LogP contribution in [0.4, 0.5) is 5.69 Å². The van der Waals surface area contributed by atoms with Crippen molar-refractivity contribution in [1.82, 2.24) is 0 Å². The Hall–Kier alpha value is -3.51. The molecule has 126 valence electrons. The fourth-order valence-electron chi connectivity index (χ4n) is 2.34. The van der Waals surface area contributed by atoms with Gasteiger partial charge in [0, 0.05) is 11.5 Å². The van der Waals surface area contributed by atoms with E-state index < -0.39 is 33.1 Å². The predicted octanol–water partition coefficient (Wildman–Crippen LogP) is 2.58. The van der Waals surface area contributed by atoms with Crippen LogP contribution in [0.2, 0.25) is 0 Å². The summed E-state index contributed by atoms with van der Waals surface area (Å²) >= 11 is 0. The summed E-state index contributed by atoms with van der Waals surface area (Å²) in [6.07, 6.45) is 0. The molecule has 0 saturated heterocycles. The van der Waals surface area contributed by atoms with E-state index in [1.165, 1.54) is 36.4 Å². The number of aromatic hydroxyl groups is 2. The highest BCUT2D eigenvalue weighted by molar-refractivity contribution is 7.87. The van der Waals surface area contributed by atoms with Crippen LogP contribution in [-0.4, -0.2) is 18.6 Å². The van der Waals surface area contributed by atoms with Crippen molar-refractivity contribution in [3.05, 3.63) is 53.5 Å². The lowest BCUT2D eigenvalue weighted by Gasteiger charge is -2.13. The third-order valence-electron chi connectivity index (χ3n) is 3.49. The third kappa shape index (κ3) is 2.75. The normalized spacial score (nSPS) is 11.2. The molecule has 0 bridgehead atoms. The van der Waals surface area contributed by atoms with Gasteiger partial charge < -0.3 is 19.5 Å². The molecule has 0 amide bonds. The molecular weight excluding hydrogens is 348 g/mol. The second-order valence-corrected chi connectivity index (χ2v) is 6.54. The highest BCUT2D eigenvalue weighted by atomic mass is 32.2. The Kier molecular flexibility index (Phi) is 3.82. The number of para-hydroxylation sites is 1. The van der Waals surface area contributed by atoms with Crippen LogP contribution in [0.1, 0.15) is 0 Å². The molecule has 0 unspecified atom stereocenters. The van der Waals surface area contributed by atoms with E-state index in [9.17, 15) is 23.7 Å². The largest absolute Gasteiger partial charge is 0.867 e. The molecule has 3 aromatic carbocycles. The molecule has 3 rings (SSSR count). The first-order valence-electron chi connectivity index (χ1n) is 6.88. The molecule has 9 heteroatoms. The minimum absolute atomic E-state index is 0.0153. The van der Waals surface area contributed by atoms with Crippen molar-refractivity contribution in [2.45, 2.75) is 4.90 Å². The maximum Gasteiger partial charge on any atom is 0.378 e. The first-order valence-corrected chi connectivity index (χ1v) is 8.29. The summed E-state index contributed by atoms with van der Waals surface area (Å²) in [4.78, 5) is 2.51. The Labute approximate surface area is 141 Å². The van der Waals surface area contributed by atoms with Gasteiger partial charge in [0.1, 0.15) is 4.90 Å². The predicted molar refractivity (Wildman–Crippen MR) is 85.7 cm³/mol. The number of diazo groups is 1. The highest BCUT2D eigenvalue weighted by Gasteiger charge is 2.24. The molecule has 2 N–H and O–H groups in total. The van der Waals surface area contributed by atoms with Gasteiger partial charge in [-0.05, 0) is 35.4 Å². The molecule has 0 atom stereocenters.